The molecule has 9 nitrogen and oxygen atoms in total. The highest BCUT2D eigenvalue weighted by atomic mass is 32.1. The molecule has 5 rings (SSSR count). The molecule has 0 aromatic carbocycles. The van der Waals surface area contributed by atoms with E-state index in [0.717, 1.165) is 46.9 Å². The minimum atomic E-state index is -4.54. The van der Waals surface area contributed by atoms with Crippen LogP contribution in [0.15, 0.2) is 6.07 Å². The van der Waals surface area contributed by atoms with Crippen molar-refractivity contribution >= 4 is 39.2 Å². The van der Waals surface area contributed by atoms with Gasteiger partial charge < -0.3 is 19.7 Å². The Hall–Kier alpha value is -2.96. The fourth-order valence-electron chi connectivity index (χ4n) is 4.93. The van der Waals surface area contributed by atoms with Crippen molar-refractivity contribution in [2.45, 2.75) is 65.2 Å². The van der Waals surface area contributed by atoms with Crippen molar-refractivity contribution in [3.05, 3.63) is 22.6 Å². The summed E-state index contributed by atoms with van der Waals surface area (Å²) < 4.78 is 41.1. The van der Waals surface area contributed by atoms with E-state index in [1.807, 2.05) is 9.80 Å². The molecule has 1 N–H and O–H groups in total. The van der Waals surface area contributed by atoms with Gasteiger partial charge in [-0.3, -0.25) is 4.79 Å². The lowest BCUT2D eigenvalue weighted by atomic mass is 10.1. The average molecular weight is 537 g/mol. The van der Waals surface area contributed by atoms with Crippen LogP contribution in [0.2, 0.25) is 0 Å². The fraction of sp³-hybridized carbons (Fsp3) is 0.625. The van der Waals surface area contributed by atoms with E-state index in [0.29, 0.717) is 37.9 Å². The molecule has 1 unspecified atom stereocenters. The van der Waals surface area contributed by atoms with Crippen molar-refractivity contribution in [2.24, 2.45) is 5.92 Å². The minimum Gasteiger partial charge on any atom is -0.356 e. The van der Waals surface area contributed by atoms with Crippen LogP contribution in [0.25, 0.3) is 10.2 Å². The number of thiophene rings is 1. The second-order valence-electron chi connectivity index (χ2n) is 9.62. The third-order valence-corrected chi connectivity index (χ3v) is 7.97. The van der Waals surface area contributed by atoms with Crippen LogP contribution in [0, 0.1) is 5.92 Å². The van der Waals surface area contributed by atoms with E-state index in [1.54, 1.807) is 11.3 Å². The third kappa shape index (κ3) is 5.23. The normalized spacial score (nSPS) is 18.0. The first-order valence-corrected chi connectivity index (χ1v) is 13.7. The van der Waals surface area contributed by atoms with Crippen molar-refractivity contribution < 1.29 is 18.0 Å². The number of amides is 1. The van der Waals surface area contributed by atoms with Crippen molar-refractivity contribution in [3.8, 4) is 0 Å². The van der Waals surface area contributed by atoms with E-state index < -0.39 is 12.0 Å². The van der Waals surface area contributed by atoms with Crippen molar-refractivity contribution in [3.63, 3.8) is 0 Å². The molecule has 200 valence electrons. The lowest BCUT2D eigenvalue weighted by Gasteiger charge is -2.30. The number of hydrogen-bond acceptors (Lipinski definition) is 8. The Balaban J connectivity index is 1.43. The lowest BCUT2D eigenvalue weighted by Crippen LogP contribution is -2.36. The van der Waals surface area contributed by atoms with Crippen molar-refractivity contribution in [1.82, 2.24) is 30.0 Å². The van der Waals surface area contributed by atoms with E-state index in [4.69, 9.17) is 9.97 Å². The number of carbonyl (C=O) groups excluding carboxylic acids is 1. The Morgan fingerprint density at radius 1 is 1.14 bits per heavy atom. The number of halogens is 3. The van der Waals surface area contributed by atoms with Gasteiger partial charge >= 0.3 is 6.18 Å². The summed E-state index contributed by atoms with van der Waals surface area (Å²) >= 11 is 1.62. The summed E-state index contributed by atoms with van der Waals surface area (Å²) in [5.41, 5.74) is 0. The first-order valence-electron chi connectivity index (χ1n) is 12.9. The van der Waals surface area contributed by atoms with Crippen LogP contribution in [0.3, 0.4) is 0 Å². The Labute approximate surface area is 217 Å². The number of alkyl halides is 3. The molecule has 0 saturated carbocycles. The highest BCUT2D eigenvalue weighted by Gasteiger charge is 2.40. The number of nitrogens with one attached hydrogen (secondary N) is 1. The van der Waals surface area contributed by atoms with Crippen LogP contribution < -0.4 is 15.1 Å². The summed E-state index contributed by atoms with van der Waals surface area (Å²) in [6, 6.07) is 2.09. The smallest absolute Gasteiger partial charge is 0.356 e. The first kappa shape index (κ1) is 25.7. The van der Waals surface area contributed by atoms with Crippen LogP contribution >= 0.6 is 11.3 Å². The maximum atomic E-state index is 13.3. The molecule has 1 amide bonds. The first-order chi connectivity index (χ1) is 17.8. The molecule has 0 spiro atoms. The van der Waals surface area contributed by atoms with Gasteiger partial charge in [-0.05, 0) is 25.3 Å². The van der Waals surface area contributed by atoms with Crippen LogP contribution in [-0.4, -0.2) is 56.8 Å². The summed E-state index contributed by atoms with van der Waals surface area (Å²) in [6.45, 7) is 6.75. The van der Waals surface area contributed by atoms with Gasteiger partial charge in [-0.2, -0.15) is 18.2 Å². The molecular weight excluding hydrogens is 505 g/mol. The number of aromatic nitrogens is 5. The van der Waals surface area contributed by atoms with E-state index in [-0.39, 0.29) is 30.7 Å². The summed E-state index contributed by atoms with van der Waals surface area (Å²) in [5.74, 6) is 0.497. The van der Waals surface area contributed by atoms with Gasteiger partial charge in [0.1, 0.15) is 10.6 Å². The number of hydrogen-bond donors (Lipinski definition) is 1. The summed E-state index contributed by atoms with van der Waals surface area (Å²) in [4.78, 5) is 28.4. The standard InChI is InChI=1S/C24H31F3N8OS/c1-3-5-8-28-20(36)15-7-9-34(13-15)23-29-19(17-12-16(6-4-2)37-21(17)30-23)33-10-11-35-18(14-33)31-32-22(35)24(25,26)27/h12,15H,3-11,13-14H2,1-2H3,(H,28,36). The van der Waals surface area contributed by atoms with Crippen molar-refractivity contribution in [1.29, 1.82) is 0 Å². The van der Waals surface area contributed by atoms with Gasteiger partial charge in [-0.1, -0.05) is 26.7 Å². The van der Waals surface area contributed by atoms with E-state index >= 15 is 0 Å². The molecule has 2 aliphatic heterocycles. The van der Waals surface area contributed by atoms with Gasteiger partial charge in [0, 0.05) is 37.6 Å². The summed E-state index contributed by atoms with van der Waals surface area (Å²) in [5, 5.41) is 11.2. The predicted octanol–water partition coefficient (Wildman–Crippen LogP) is 4.02. The molecule has 1 saturated heterocycles. The molecule has 1 atom stereocenters. The van der Waals surface area contributed by atoms with Crippen LogP contribution in [0.4, 0.5) is 24.9 Å². The second-order valence-corrected chi connectivity index (χ2v) is 10.7. The van der Waals surface area contributed by atoms with Crippen LogP contribution in [0.5, 0.6) is 0 Å². The largest absolute Gasteiger partial charge is 0.451 e. The fourth-order valence-corrected chi connectivity index (χ4v) is 6.05. The van der Waals surface area contributed by atoms with Crippen LogP contribution in [0.1, 0.15) is 56.1 Å². The molecule has 37 heavy (non-hydrogen) atoms. The lowest BCUT2D eigenvalue weighted by molar-refractivity contribution is -0.147. The zero-order chi connectivity index (χ0) is 26.2. The Bertz CT molecular complexity index is 1270. The maximum Gasteiger partial charge on any atom is 0.451 e. The SMILES string of the molecule is CCCCNC(=O)C1CCN(c2nc(N3CCn4c(nnc4C(F)(F)F)C3)c3cc(CCC)sc3n2)C1. The number of unbranched alkanes of at least 4 members (excludes halogenated alkanes) is 1. The average Bonchev–Trinajstić information content (AvgIpc) is 3.60. The zero-order valence-electron chi connectivity index (χ0n) is 21.0. The molecule has 0 bridgehead atoms. The topological polar surface area (TPSA) is 92.1 Å². The molecule has 1 fully saturated rings. The van der Waals surface area contributed by atoms with Gasteiger partial charge in [0.2, 0.25) is 17.7 Å². The van der Waals surface area contributed by atoms with Crippen LogP contribution in [-0.2, 0) is 30.5 Å². The minimum absolute atomic E-state index is 0.0643. The number of fused-ring (bicyclic) bond motifs is 2. The van der Waals surface area contributed by atoms with E-state index in [9.17, 15) is 18.0 Å². The number of anilines is 2. The molecule has 2 aliphatic rings. The number of aryl methyl sites for hydroxylation is 1. The number of rotatable bonds is 8. The van der Waals surface area contributed by atoms with E-state index in [1.165, 1.54) is 4.88 Å². The van der Waals surface area contributed by atoms with Gasteiger partial charge in [-0.25, -0.2) is 4.98 Å². The maximum absolute atomic E-state index is 13.3. The van der Waals surface area contributed by atoms with Gasteiger partial charge in [0.05, 0.1) is 17.8 Å². The Kier molecular flexibility index (Phi) is 7.24. The highest BCUT2D eigenvalue weighted by Crippen LogP contribution is 2.36. The highest BCUT2D eigenvalue weighted by molar-refractivity contribution is 7.18. The molecule has 5 heterocycles. The predicted molar refractivity (Wildman–Crippen MR) is 136 cm³/mol. The second kappa shape index (κ2) is 10.4. The van der Waals surface area contributed by atoms with E-state index in [2.05, 4.69) is 35.4 Å². The molecular formula is C24H31F3N8OS. The molecule has 0 radical (unpaired) electrons. The Morgan fingerprint density at radius 2 is 1.97 bits per heavy atom. The summed E-state index contributed by atoms with van der Waals surface area (Å²) in [6.07, 6.45) is 0.0868. The van der Waals surface area contributed by atoms with Gasteiger partial charge in [-0.15, -0.1) is 21.5 Å². The molecule has 0 aliphatic carbocycles. The van der Waals surface area contributed by atoms with Crippen molar-refractivity contribution in [2.75, 3.05) is 36.0 Å². The van der Waals surface area contributed by atoms with Gasteiger partial charge in [0.25, 0.3) is 0 Å². The molecule has 3 aromatic heterocycles. The number of carbonyl (C=O) groups is 1. The molecule has 13 heteroatoms. The summed E-state index contributed by atoms with van der Waals surface area (Å²) in [7, 11) is 0. The third-order valence-electron chi connectivity index (χ3n) is 6.89. The monoisotopic (exact) mass is 536 g/mol. The Morgan fingerprint density at radius 3 is 2.73 bits per heavy atom. The zero-order valence-corrected chi connectivity index (χ0v) is 21.8. The number of nitrogens with zero attached hydrogens (tertiary/aromatic N) is 7. The molecule has 3 aromatic rings. The quantitative estimate of drug-likeness (QED) is 0.435. The van der Waals surface area contributed by atoms with Gasteiger partial charge in [0.15, 0.2) is 5.82 Å².